The first-order chi connectivity index (χ1) is 9.88. The summed E-state index contributed by atoms with van der Waals surface area (Å²) in [5, 5.41) is 0. The van der Waals surface area contributed by atoms with Crippen LogP contribution in [0.4, 0.5) is 0 Å². The maximum absolute atomic E-state index is 4.12. The van der Waals surface area contributed by atoms with Crippen LogP contribution in [-0.2, 0) is 12.8 Å². The average Bonchev–Trinajstić information content (AvgIpc) is 2.52. The predicted octanol–water partition coefficient (Wildman–Crippen LogP) is 5.48. The molecule has 0 spiro atoms. The first kappa shape index (κ1) is 14.8. The molecule has 0 saturated carbocycles. The first-order valence-corrected chi connectivity index (χ1v) is 7.75. The minimum atomic E-state index is 0.730. The van der Waals surface area contributed by atoms with Gasteiger partial charge in [0.05, 0.1) is 0 Å². The predicted molar refractivity (Wildman–Crippen MR) is 87.6 cm³/mol. The van der Waals surface area contributed by atoms with Crippen LogP contribution in [0.3, 0.4) is 0 Å². The summed E-state index contributed by atoms with van der Waals surface area (Å²) in [5.74, 6) is 0.730. The van der Waals surface area contributed by atoms with Crippen molar-refractivity contribution >= 4 is 0 Å². The first-order valence-electron chi connectivity index (χ1n) is 7.75. The van der Waals surface area contributed by atoms with E-state index in [1.165, 1.54) is 43.2 Å². The molecule has 1 radical (unpaired) electrons. The molecular formula is C20H25. The van der Waals surface area contributed by atoms with Crippen LogP contribution in [-0.4, -0.2) is 0 Å². The molecule has 0 saturated heterocycles. The lowest BCUT2D eigenvalue weighted by Gasteiger charge is -2.14. The lowest BCUT2D eigenvalue weighted by molar-refractivity contribution is 0.460. The molecule has 0 amide bonds. The van der Waals surface area contributed by atoms with E-state index in [1.54, 1.807) is 0 Å². The quantitative estimate of drug-likeness (QED) is 0.554. The standard InChI is InChI=1S/C20H25/c1-2-18(17-20-15-7-4-8-16-20)11-9-10-14-19-12-5-3-6-13-19/h3-8,12-13,15-16,18H,1-2,9-11,14,17H2. The van der Waals surface area contributed by atoms with Gasteiger partial charge in [0, 0.05) is 0 Å². The molecule has 0 aliphatic rings. The van der Waals surface area contributed by atoms with Gasteiger partial charge in [-0.2, -0.15) is 0 Å². The number of hydrogen-bond acceptors (Lipinski definition) is 0. The Morgan fingerprint density at radius 1 is 0.750 bits per heavy atom. The van der Waals surface area contributed by atoms with Crippen molar-refractivity contribution in [2.75, 3.05) is 0 Å². The fraction of sp³-hybridized carbons (Fsp3) is 0.350. The van der Waals surface area contributed by atoms with E-state index in [2.05, 4.69) is 67.6 Å². The molecule has 20 heavy (non-hydrogen) atoms. The highest BCUT2D eigenvalue weighted by molar-refractivity contribution is 5.15. The van der Waals surface area contributed by atoms with Crippen molar-refractivity contribution in [1.82, 2.24) is 0 Å². The summed E-state index contributed by atoms with van der Waals surface area (Å²) in [5.41, 5.74) is 2.91. The highest BCUT2D eigenvalue weighted by atomic mass is 14.1. The zero-order chi connectivity index (χ0) is 14.0. The molecule has 2 rings (SSSR count). The molecule has 0 nitrogen and oxygen atoms in total. The van der Waals surface area contributed by atoms with E-state index in [1.807, 2.05) is 0 Å². The Labute approximate surface area is 123 Å². The third kappa shape index (κ3) is 5.21. The van der Waals surface area contributed by atoms with Gasteiger partial charge in [-0.15, -0.1) is 0 Å². The van der Waals surface area contributed by atoms with E-state index in [0.29, 0.717) is 0 Å². The second kappa shape index (κ2) is 8.58. The SMILES string of the molecule is [CH2]CC(CCCCc1ccccc1)Cc1ccccc1. The van der Waals surface area contributed by atoms with Gasteiger partial charge in [-0.1, -0.05) is 86.8 Å². The number of rotatable bonds is 8. The number of benzene rings is 2. The molecule has 0 aromatic heterocycles. The van der Waals surface area contributed by atoms with Gasteiger partial charge in [0.15, 0.2) is 0 Å². The fourth-order valence-electron chi connectivity index (χ4n) is 2.70. The minimum absolute atomic E-state index is 0.730. The van der Waals surface area contributed by atoms with Crippen molar-refractivity contribution in [3.05, 3.63) is 78.7 Å². The van der Waals surface area contributed by atoms with Crippen molar-refractivity contribution in [3.8, 4) is 0 Å². The van der Waals surface area contributed by atoms with Crippen molar-refractivity contribution in [1.29, 1.82) is 0 Å². The molecule has 1 atom stereocenters. The second-order valence-corrected chi connectivity index (χ2v) is 5.58. The molecule has 0 heterocycles. The van der Waals surface area contributed by atoms with Crippen molar-refractivity contribution in [3.63, 3.8) is 0 Å². The van der Waals surface area contributed by atoms with Crippen molar-refractivity contribution < 1.29 is 0 Å². The van der Waals surface area contributed by atoms with Crippen molar-refractivity contribution in [2.45, 2.75) is 38.5 Å². The topological polar surface area (TPSA) is 0 Å². The van der Waals surface area contributed by atoms with E-state index in [-0.39, 0.29) is 0 Å². The summed E-state index contributed by atoms with van der Waals surface area (Å²) in [6.45, 7) is 4.12. The molecule has 105 valence electrons. The van der Waals surface area contributed by atoms with Crippen LogP contribution in [0.25, 0.3) is 0 Å². The Bertz CT molecular complexity index is 458. The Balaban J connectivity index is 1.69. The molecular weight excluding hydrogens is 240 g/mol. The van der Waals surface area contributed by atoms with E-state index >= 15 is 0 Å². The Morgan fingerprint density at radius 2 is 1.35 bits per heavy atom. The monoisotopic (exact) mass is 265 g/mol. The summed E-state index contributed by atoms with van der Waals surface area (Å²) >= 11 is 0. The summed E-state index contributed by atoms with van der Waals surface area (Å²) in [6.07, 6.45) is 7.31. The Morgan fingerprint density at radius 3 is 1.95 bits per heavy atom. The largest absolute Gasteiger partial charge is 0.0622 e. The van der Waals surface area contributed by atoms with Crippen LogP contribution < -0.4 is 0 Å². The lowest BCUT2D eigenvalue weighted by Crippen LogP contribution is -2.03. The molecule has 0 aliphatic carbocycles. The van der Waals surface area contributed by atoms with Crippen LogP contribution in [0.5, 0.6) is 0 Å². The molecule has 0 bridgehead atoms. The molecule has 1 unspecified atom stereocenters. The van der Waals surface area contributed by atoms with E-state index < -0.39 is 0 Å². The lowest BCUT2D eigenvalue weighted by atomic mass is 9.91. The number of hydrogen-bond donors (Lipinski definition) is 0. The third-order valence-corrected chi connectivity index (χ3v) is 3.95. The summed E-state index contributed by atoms with van der Waals surface area (Å²) in [4.78, 5) is 0. The maximum Gasteiger partial charge on any atom is -0.0250 e. The normalized spacial score (nSPS) is 12.2. The highest BCUT2D eigenvalue weighted by Crippen LogP contribution is 2.19. The molecule has 2 aromatic rings. The molecule has 0 N–H and O–H groups in total. The zero-order valence-corrected chi connectivity index (χ0v) is 12.3. The number of unbranched alkanes of at least 4 members (excludes halogenated alkanes) is 1. The van der Waals surface area contributed by atoms with Crippen LogP contribution in [0.2, 0.25) is 0 Å². The number of aryl methyl sites for hydroxylation is 1. The average molecular weight is 265 g/mol. The van der Waals surface area contributed by atoms with Crippen LogP contribution in [0.15, 0.2) is 60.7 Å². The molecule has 0 fully saturated rings. The minimum Gasteiger partial charge on any atom is -0.0622 e. The molecule has 0 aliphatic heterocycles. The van der Waals surface area contributed by atoms with E-state index in [4.69, 9.17) is 0 Å². The Kier molecular flexibility index (Phi) is 6.37. The Hall–Kier alpha value is -1.56. The summed E-state index contributed by atoms with van der Waals surface area (Å²) in [7, 11) is 0. The van der Waals surface area contributed by atoms with Gasteiger partial charge < -0.3 is 0 Å². The zero-order valence-electron chi connectivity index (χ0n) is 12.3. The van der Waals surface area contributed by atoms with E-state index in [0.717, 1.165) is 12.3 Å². The van der Waals surface area contributed by atoms with Gasteiger partial charge in [-0.05, 0) is 36.3 Å². The fourth-order valence-corrected chi connectivity index (χ4v) is 2.70. The van der Waals surface area contributed by atoms with Gasteiger partial charge in [-0.3, -0.25) is 0 Å². The van der Waals surface area contributed by atoms with Crippen LogP contribution in [0.1, 0.15) is 36.8 Å². The van der Waals surface area contributed by atoms with Gasteiger partial charge in [-0.25, -0.2) is 0 Å². The molecule has 0 heteroatoms. The molecule has 2 aromatic carbocycles. The van der Waals surface area contributed by atoms with Gasteiger partial charge in [0.2, 0.25) is 0 Å². The maximum atomic E-state index is 4.12. The van der Waals surface area contributed by atoms with Crippen LogP contribution in [0, 0.1) is 12.8 Å². The van der Waals surface area contributed by atoms with E-state index in [9.17, 15) is 0 Å². The highest BCUT2D eigenvalue weighted by Gasteiger charge is 2.07. The van der Waals surface area contributed by atoms with Crippen molar-refractivity contribution in [2.24, 2.45) is 5.92 Å². The smallest absolute Gasteiger partial charge is 0.0250 e. The summed E-state index contributed by atoms with van der Waals surface area (Å²) < 4.78 is 0. The third-order valence-electron chi connectivity index (χ3n) is 3.95. The summed E-state index contributed by atoms with van der Waals surface area (Å²) in [6, 6.07) is 21.6. The van der Waals surface area contributed by atoms with Crippen LogP contribution >= 0.6 is 0 Å². The second-order valence-electron chi connectivity index (χ2n) is 5.58. The van der Waals surface area contributed by atoms with Gasteiger partial charge >= 0.3 is 0 Å². The van der Waals surface area contributed by atoms with Gasteiger partial charge in [0.25, 0.3) is 0 Å². The van der Waals surface area contributed by atoms with Gasteiger partial charge in [0.1, 0.15) is 0 Å².